The molecule has 0 aromatic heterocycles. The van der Waals surface area contributed by atoms with Crippen LogP contribution in [-0.2, 0) is 4.79 Å². The zero-order valence-corrected chi connectivity index (χ0v) is 16.4. The molecule has 0 heterocycles. The van der Waals surface area contributed by atoms with Gasteiger partial charge in [0.25, 0.3) is 0 Å². The van der Waals surface area contributed by atoms with Gasteiger partial charge in [0, 0.05) is 23.8 Å². The number of hydrogen-bond acceptors (Lipinski definition) is 1. The molecule has 0 spiro atoms. The Bertz CT molecular complexity index is 213. The summed E-state index contributed by atoms with van der Waals surface area (Å²) in [5.41, 5.74) is 0. The van der Waals surface area contributed by atoms with Crippen LogP contribution in [0.15, 0.2) is 0 Å². The minimum Gasteiger partial charge on any atom is -0.481 e. The molecule has 0 atom stereocenters. The molecule has 0 aliphatic heterocycles. The van der Waals surface area contributed by atoms with Crippen LogP contribution in [0.3, 0.4) is 0 Å². The summed E-state index contributed by atoms with van der Waals surface area (Å²) < 4.78 is 0. The maximum absolute atomic E-state index is 10.3. The maximum atomic E-state index is 10.3. The second-order valence-electron chi connectivity index (χ2n) is 6.09. The molecule has 5 N–H and O–H groups in total. The van der Waals surface area contributed by atoms with Gasteiger partial charge < -0.3 is 16.1 Å². The van der Waals surface area contributed by atoms with E-state index in [-0.39, 0.29) is 28.3 Å². The first-order chi connectivity index (χ1) is 9.77. The summed E-state index contributed by atoms with van der Waals surface area (Å²) >= 11 is 0. The third-order valence-electron chi connectivity index (χ3n) is 3.99. The summed E-state index contributed by atoms with van der Waals surface area (Å²) in [6.07, 6.45) is 20.2. The van der Waals surface area contributed by atoms with Crippen LogP contribution in [-0.4, -0.2) is 39.4 Å². The Balaban J connectivity index is -0.000000602. The van der Waals surface area contributed by atoms with Gasteiger partial charge in [-0.05, 0) is 6.42 Å². The fraction of sp³-hybridized carbons (Fsp3) is 0.944. The molecule has 0 bridgehead atoms. The Hall–Kier alpha value is -0.0775. The molecule has 0 aromatic rings. The van der Waals surface area contributed by atoms with E-state index in [0.29, 0.717) is 6.42 Å². The molecular formula is C18H40AlO4. The van der Waals surface area contributed by atoms with Gasteiger partial charge in [-0.1, -0.05) is 96.8 Å². The highest BCUT2D eigenvalue weighted by atomic mass is 27.0. The van der Waals surface area contributed by atoms with Crippen molar-refractivity contribution in [1.29, 1.82) is 0 Å². The molecule has 5 heteroatoms. The van der Waals surface area contributed by atoms with Crippen LogP contribution in [0.2, 0.25) is 0 Å². The van der Waals surface area contributed by atoms with Gasteiger partial charge in [0.2, 0.25) is 0 Å². The summed E-state index contributed by atoms with van der Waals surface area (Å²) in [5.74, 6) is -0.653. The topological polar surface area (TPSA) is 100 Å². The van der Waals surface area contributed by atoms with Crippen molar-refractivity contribution in [2.45, 2.75) is 110 Å². The number of carboxylic acids is 1. The van der Waals surface area contributed by atoms with Crippen LogP contribution < -0.4 is 0 Å². The number of unbranched alkanes of at least 4 members (excludes halogenated alkanes) is 14. The lowest BCUT2D eigenvalue weighted by Gasteiger charge is -2.03. The maximum Gasteiger partial charge on any atom is 0.303 e. The summed E-state index contributed by atoms with van der Waals surface area (Å²) in [6, 6.07) is 0. The van der Waals surface area contributed by atoms with Gasteiger partial charge >= 0.3 is 5.97 Å². The molecule has 0 amide bonds. The van der Waals surface area contributed by atoms with E-state index in [1.807, 2.05) is 0 Å². The zero-order chi connectivity index (χ0) is 14.9. The standard InChI is InChI=1S/C18H36O2.Al.2H2O/c1-2-3-4-5-6-7-8-9-10-11-12-13-14-15-16-17-18(19)20;;;/h2-17H2,1H3,(H,19,20);;2*1H2. The third-order valence-corrected chi connectivity index (χ3v) is 3.99. The Kier molecular flexibility index (Phi) is 35.9. The fourth-order valence-corrected chi connectivity index (χ4v) is 2.65. The molecule has 0 saturated heterocycles. The molecule has 0 aromatic carbocycles. The molecule has 0 aliphatic rings. The van der Waals surface area contributed by atoms with Crippen molar-refractivity contribution < 1.29 is 20.9 Å². The average Bonchev–Trinajstić information content (AvgIpc) is 2.43. The van der Waals surface area contributed by atoms with Crippen molar-refractivity contribution in [1.82, 2.24) is 0 Å². The minimum atomic E-state index is -0.653. The van der Waals surface area contributed by atoms with Crippen LogP contribution in [0.1, 0.15) is 110 Å². The van der Waals surface area contributed by atoms with Gasteiger partial charge in [-0.2, -0.15) is 0 Å². The summed E-state index contributed by atoms with van der Waals surface area (Å²) in [4.78, 5) is 10.3. The van der Waals surface area contributed by atoms with Crippen molar-refractivity contribution >= 4 is 23.3 Å². The predicted molar refractivity (Wildman–Crippen MR) is 100 cm³/mol. The smallest absolute Gasteiger partial charge is 0.303 e. The summed E-state index contributed by atoms with van der Waals surface area (Å²) in [5, 5.41) is 8.52. The van der Waals surface area contributed by atoms with Crippen LogP contribution in [0.5, 0.6) is 0 Å². The molecule has 139 valence electrons. The SMILES string of the molecule is CCCCCCCCCCCCCCCCCC(=O)O.O.O.[Al]. The van der Waals surface area contributed by atoms with Gasteiger partial charge in [0.1, 0.15) is 0 Å². The van der Waals surface area contributed by atoms with Crippen LogP contribution in [0.4, 0.5) is 0 Å². The van der Waals surface area contributed by atoms with E-state index in [0.717, 1.165) is 12.8 Å². The lowest BCUT2D eigenvalue weighted by Crippen LogP contribution is -1.93. The summed E-state index contributed by atoms with van der Waals surface area (Å²) in [6.45, 7) is 2.27. The van der Waals surface area contributed by atoms with E-state index in [4.69, 9.17) is 5.11 Å². The monoisotopic (exact) mass is 347 g/mol. The van der Waals surface area contributed by atoms with Gasteiger partial charge in [0.15, 0.2) is 0 Å². The molecule has 0 aliphatic carbocycles. The first-order valence-corrected chi connectivity index (χ1v) is 8.99. The molecule has 0 saturated carbocycles. The van der Waals surface area contributed by atoms with Crippen molar-refractivity contribution in [3.8, 4) is 0 Å². The van der Waals surface area contributed by atoms with Crippen molar-refractivity contribution in [3.63, 3.8) is 0 Å². The Morgan fingerprint density at radius 2 is 0.870 bits per heavy atom. The lowest BCUT2D eigenvalue weighted by atomic mass is 10.0. The Morgan fingerprint density at radius 1 is 0.609 bits per heavy atom. The van der Waals surface area contributed by atoms with Crippen LogP contribution in [0.25, 0.3) is 0 Å². The van der Waals surface area contributed by atoms with Crippen LogP contribution in [0, 0.1) is 0 Å². The van der Waals surface area contributed by atoms with Crippen molar-refractivity contribution in [2.75, 3.05) is 0 Å². The lowest BCUT2D eigenvalue weighted by molar-refractivity contribution is -0.137. The number of hydrogen-bond donors (Lipinski definition) is 1. The van der Waals surface area contributed by atoms with Crippen molar-refractivity contribution in [2.24, 2.45) is 0 Å². The van der Waals surface area contributed by atoms with E-state index in [1.54, 1.807) is 0 Å². The average molecular weight is 347 g/mol. The van der Waals surface area contributed by atoms with E-state index in [9.17, 15) is 4.79 Å². The quantitative estimate of drug-likeness (QED) is 0.332. The second-order valence-corrected chi connectivity index (χ2v) is 6.09. The molecule has 0 unspecified atom stereocenters. The predicted octanol–water partition coefficient (Wildman–Crippen LogP) is 4.30. The van der Waals surface area contributed by atoms with Crippen LogP contribution >= 0.6 is 0 Å². The first-order valence-electron chi connectivity index (χ1n) is 8.99. The molecule has 3 radical (unpaired) electrons. The first kappa shape index (κ1) is 30.8. The third kappa shape index (κ3) is 30.4. The molecule has 0 fully saturated rings. The highest BCUT2D eigenvalue weighted by molar-refractivity contribution is 5.75. The fourth-order valence-electron chi connectivity index (χ4n) is 2.65. The van der Waals surface area contributed by atoms with Gasteiger partial charge in [0.05, 0.1) is 0 Å². The van der Waals surface area contributed by atoms with E-state index in [1.165, 1.54) is 83.5 Å². The largest absolute Gasteiger partial charge is 0.481 e. The van der Waals surface area contributed by atoms with Gasteiger partial charge in [-0.25, -0.2) is 0 Å². The zero-order valence-electron chi connectivity index (χ0n) is 15.2. The van der Waals surface area contributed by atoms with Crippen molar-refractivity contribution in [3.05, 3.63) is 0 Å². The molecule has 4 nitrogen and oxygen atoms in total. The van der Waals surface area contributed by atoms with E-state index >= 15 is 0 Å². The van der Waals surface area contributed by atoms with Gasteiger partial charge in [-0.3, -0.25) is 4.79 Å². The molecule has 0 rings (SSSR count). The van der Waals surface area contributed by atoms with Gasteiger partial charge in [-0.15, -0.1) is 0 Å². The normalized spacial score (nSPS) is 9.43. The second kappa shape index (κ2) is 26.8. The molecule has 23 heavy (non-hydrogen) atoms. The van der Waals surface area contributed by atoms with E-state index in [2.05, 4.69) is 6.92 Å². The number of rotatable bonds is 16. The number of carbonyl (C=O) groups is 1. The Morgan fingerprint density at radius 3 is 1.13 bits per heavy atom. The molecular weight excluding hydrogens is 307 g/mol. The summed E-state index contributed by atoms with van der Waals surface area (Å²) in [7, 11) is 0. The van der Waals surface area contributed by atoms with E-state index < -0.39 is 5.97 Å². The number of aliphatic carboxylic acids is 1. The highest BCUT2D eigenvalue weighted by Crippen LogP contribution is 2.13. The minimum absolute atomic E-state index is 0. The number of carboxylic acid groups (broad SMARTS) is 1. The highest BCUT2D eigenvalue weighted by Gasteiger charge is 1.97. The Labute approximate surface area is 154 Å².